The third kappa shape index (κ3) is 8.22. The molecule has 0 atom stereocenters. The summed E-state index contributed by atoms with van der Waals surface area (Å²) in [5.41, 5.74) is 8.48. The molecule has 11 heteroatoms. The Labute approximate surface area is 314 Å². The Kier molecular flexibility index (Phi) is 11.0. The molecule has 0 saturated heterocycles. The third-order valence-electron chi connectivity index (χ3n) is 9.57. The second kappa shape index (κ2) is 15.7. The second-order valence-corrected chi connectivity index (χ2v) is 15.0. The lowest BCUT2D eigenvalue weighted by Gasteiger charge is -2.27. The molecule has 4 aromatic rings. The molecule has 0 unspecified atom stereocenters. The molecule has 1 aliphatic heterocycles. The van der Waals surface area contributed by atoms with Crippen molar-refractivity contribution in [2.24, 2.45) is 0 Å². The van der Waals surface area contributed by atoms with Gasteiger partial charge < -0.3 is 24.1 Å². The van der Waals surface area contributed by atoms with Gasteiger partial charge in [-0.1, -0.05) is 47.5 Å². The van der Waals surface area contributed by atoms with Crippen molar-refractivity contribution >= 4 is 50.1 Å². The van der Waals surface area contributed by atoms with E-state index in [0.717, 1.165) is 44.7 Å². The second-order valence-electron chi connectivity index (χ2n) is 13.7. The van der Waals surface area contributed by atoms with E-state index in [2.05, 4.69) is 12.1 Å². The predicted octanol–water partition coefficient (Wildman–Crippen LogP) is 8.31. The maximum atomic E-state index is 12.6. The first-order chi connectivity index (χ1) is 25.7. The van der Waals surface area contributed by atoms with Crippen molar-refractivity contribution in [1.82, 2.24) is 4.58 Å². The Morgan fingerprint density at radius 1 is 0.759 bits per heavy atom. The molecular weight excluding hydrogens is 705 g/mol. The quantitative estimate of drug-likeness (QED) is 0.0675. The number of carboxylic acid groups (broad SMARTS) is 2. The minimum absolute atomic E-state index is 0.0131. The number of nitrogens with zero attached hydrogens (tertiary/aromatic N) is 2. The summed E-state index contributed by atoms with van der Waals surface area (Å²) in [6.07, 6.45) is 0.742. The van der Waals surface area contributed by atoms with E-state index in [0.29, 0.717) is 53.8 Å². The molecule has 0 spiro atoms. The van der Waals surface area contributed by atoms with E-state index in [1.165, 1.54) is 12.1 Å². The molecule has 0 saturated carbocycles. The van der Waals surface area contributed by atoms with Crippen LogP contribution in [0, 0.1) is 27.7 Å². The summed E-state index contributed by atoms with van der Waals surface area (Å²) in [5, 5.41) is 20.2. The molecule has 1 aliphatic carbocycles. The number of rotatable bonds is 13. The van der Waals surface area contributed by atoms with E-state index in [1.807, 2.05) is 97.8 Å². The van der Waals surface area contributed by atoms with Crippen molar-refractivity contribution in [3.63, 3.8) is 0 Å². The fourth-order valence-electron chi connectivity index (χ4n) is 7.16. The maximum Gasteiger partial charge on any atom is 0.303 e. The zero-order chi connectivity index (χ0) is 38.7. The molecule has 2 aliphatic rings. The van der Waals surface area contributed by atoms with E-state index in [9.17, 15) is 32.8 Å². The van der Waals surface area contributed by atoms with Crippen LogP contribution in [-0.2, 0) is 19.7 Å². The summed E-state index contributed by atoms with van der Waals surface area (Å²) in [5.74, 6) is -1.36. The molecule has 0 bridgehead atoms. The van der Waals surface area contributed by atoms with Crippen LogP contribution in [0.2, 0.25) is 0 Å². The topological polar surface area (TPSA) is 151 Å². The van der Waals surface area contributed by atoms with Crippen LogP contribution in [0.4, 0.5) is 17.1 Å². The molecule has 6 rings (SSSR count). The minimum atomic E-state index is -4.88. The maximum absolute atomic E-state index is 12.6. The fraction of sp³-hybridized carbons (Fsp3) is 0.233. The van der Waals surface area contributed by atoms with Crippen molar-refractivity contribution in [3.05, 3.63) is 125 Å². The van der Waals surface area contributed by atoms with Gasteiger partial charge in [-0.2, -0.15) is 4.58 Å². The Hall–Kier alpha value is -5.78. The normalized spacial score (nSPS) is 12.2. The van der Waals surface area contributed by atoms with Crippen LogP contribution in [0.5, 0.6) is 0 Å². The van der Waals surface area contributed by atoms with Gasteiger partial charge in [-0.3, -0.25) is 9.59 Å². The number of aryl methyl sites for hydroxylation is 4. The zero-order valence-corrected chi connectivity index (χ0v) is 31.4. The van der Waals surface area contributed by atoms with Crippen LogP contribution in [0.1, 0.15) is 47.9 Å². The van der Waals surface area contributed by atoms with Gasteiger partial charge in [0.1, 0.15) is 28.0 Å². The Balaban J connectivity index is 1.66. The lowest BCUT2D eigenvalue weighted by atomic mass is 9.93. The van der Waals surface area contributed by atoms with Gasteiger partial charge >= 0.3 is 11.9 Å². The minimum Gasteiger partial charge on any atom is -0.744 e. The first-order valence-electron chi connectivity index (χ1n) is 17.7. The van der Waals surface area contributed by atoms with Crippen molar-refractivity contribution < 1.29 is 37.2 Å². The van der Waals surface area contributed by atoms with Crippen molar-refractivity contribution in [1.29, 1.82) is 0 Å². The summed E-state index contributed by atoms with van der Waals surface area (Å²) < 4.78 is 46.6. The molecule has 54 heavy (non-hydrogen) atoms. The molecule has 0 fully saturated rings. The smallest absolute Gasteiger partial charge is 0.303 e. The Bertz CT molecular complexity index is 2560. The highest BCUT2D eigenvalue weighted by atomic mass is 32.2. The first-order valence-corrected chi connectivity index (χ1v) is 19.1. The van der Waals surface area contributed by atoms with Gasteiger partial charge in [-0.25, -0.2) is 8.42 Å². The average molecular weight is 747 g/mol. The van der Waals surface area contributed by atoms with Gasteiger partial charge in [-0.05, 0) is 76.1 Å². The number of hydrogen-bond acceptors (Lipinski definition) is 7. The molecule has 0 radical (unpaired) electrons. The number of anilines is 2. The molecular formula is C43H42N2O8S. The van der Waals surface area contributed by atoms with Crippen LogP contribution in [0.3, 0.4) is 0 Å². The van der Waals surface area contributed by atoms with E-state index >= 15 is 0 Å². The number of carbonyl (C=O) groups is 2. The molecule has 2 N–H and O–H groups in total. The van der Waals surface area contributed by atoms with Crippen LogP contribution in [0.15, 0.2) is 106 Å². The standard InChI is InChI=1S/C43H42N2O8S/c1-27-13-19-36(29(3)23-27)44(21-7-11-41(46)47)31-15-17-33-38(25-31)53-39-26-32(45(22-8-12-42(48)49)37-20-14-28(2)24-30(37)4)16-18-34(39)43(33)35-9-5-6-10-40(35)54(50,51)52/h5-6,9-10,13-20,23-26H,7-8,11-12,21-22H2,1-4H3,(H2-,46,47,48,49,50,51,52). The highest BCUT2D eigenvalue weighted by molar-refractivity contribution is 7.85. The SMILES string of the molecule is Cc1ccc(N(CCCC(=O)O)c2ccc3c(-c4ccccc4S(=O)(=O)[O-])c4ccc(=[N+](CCCC(=O)O)c5ccc(C)cc5C)cc-4oc3c2)c(C)c1. The van der Waals surface area contributed by atoms with Gasteiger partial charge in [0.2, 0.25) is 11.0 Å². The molecule has 10 nitrogen and oxygen atoms in total. The van der Waals surface area contributed by atoms with E-state index < -0.39 is 22.1 Å². The predicted molar refractivity (Wildman–Crippen MR) is 209 cm³/mol. The summed E-state index contributed by atoms with van der Waals surface area (Å²) in [6.45, 7) is 8.84. The van der Waals surface area contributed by atoms with E-state index in [1.54, 1.807) is 12.1 Å². The summed E-state index contributed by atoms with van der Waals surface area (Å²) in [4.78, 5) is 24.7. The summed E-state index contributed by atoms with van der Waals surface area (Å²) in [7, 11) is -4.88. The van der Waals surface area contributed by atoms with Gasteiger partial charge in [0.25, 0.3) is 0 Å². The van der Waals surface area contributed by atoms with E-state index in [4.69, 9.17) is 4.42 Å². The van der Waals surface area contributed by atoms with Crippen molar-refractivity contribution in [2.45, 2.75) is 58.3 Å². The zero-order valence-electron chi connectivity index (χ0n) is 30.6. The van der Waals surface area contributed by atoms with Crippen molar-refractivity contribution in [2.75, 3.05) is 18.0 Å². The highest BCUT2D eigenvalue weighted by Gasteiger charge is 2.24. The Morgan fingerprint density at radius 3 is 2.13 bits per heavy atom. The molecule has 1 heterocycles. The number of benzene rings is 5. The van der Waals surface area contributed by atoms with Gasteiger partial charge in [0.15, 0.2) is 0 Å². The molecule has 4 aromatic carbocycles. The number of fused-ring (bicyclic) bond motifs is 2. The lowest BCUT2D eigenvalue weighted by molar-refractivity contribution is -0.138. The Morgan fingerprint density at radius 2 is 1.44 bits per heavy atom. The summed E-state index contributed by atoms with van der Waals surface area (Å²) >= 11 is 0. The van der Waals surface area contributed by atoms with Crippen LogP contribution in [0.25, 0.3) is 33.4 Å². The number of carboxylic acids is 2. The monoisotopic (exact) mass is 746 g/mol. The molecule has 278 valence electrons. The molecule has 0 aromatic heterocycles. The van der Waals surface area contributed by atoms with Crippen LogP contribution in [-0.4, -0.2) is 48.2 Å². The lowest BCUT2D eigenvalue weighted by Crippen LogP contribution is -2.27. The average Bonchev–Trinajstić information content (AvgIpc) is 3.11. The van der Waals surface area contributed by atoms with Crippen LogP contribution < -0.4 is 14.8 Å². The van der Waals surface area contributed by atoms with E-state index in [-0.39, 0.29) is 23.3 Å². The highest BCUT2D eigenvalue weighted by Crippen LogP contribution is 2.43. The number of aliphatic carboxylic acids is 2. The number of hydrogen-bond donors (Lipinski definition) is 2. The first kappa shape index (κ1) is 38.0. The largest absolute Gasteiger partial charge is 0.744 e. The van der Waals surface area contributed by atoms with Gasteiger partial charge in [0, 0.05) is 76.6 Å². The van der Waals surface area contributed by atoms with Gasteiger partial charge in [0.05, 0.1) is 17.4 Å². The molecule has 0 amide bonds. The van der Waals surface area contributed by atoms with Crippen molar-refractivity contribution in [3.8, 4) is 22.5 Å². The third-order valence-corrected chi connectivity index (χ3v) is 10.5. The van der Waals surface area contributed by atoms with Crippen LogP contribution >= 0.6 is 0 Å². The fourth-order valence-corrected chi connectivity index (χ4v) is 7.84. The van der Waals surface area contributed by atoms with Gasteiger partial charge in [-0.15, -0.1) is 0 Å². The summed E-state index contributed by atoms with van der Waals surface area (Å²) in [6, 6.07) is 29.4.